The van der Waals surface area contributed by atoms with Gasteiger partial charge < -0.3 is 20.8 Å². The van der Waals surface area contributed by atoms with Gasteiger partial charge in [0.05, 0.1) is 0 Å². The summed E-state index contributed by atoms with van der Waals surface area (Å²) in [6, 6.07) is 14.2. The summed E-state index contributed by atoms with van der Waals surface area (Å²) >= 11 is 0. The van der Waals surface area contributed by atoms with Gasteiger partial charge in [-0.15, -0.1) is 0 Å². The molecule has 158 valence electrons. The maximum Gasteiger partial charge on any atom is 0.327 e. The number of hydrogen-bond donors (Lipinski definition) is 4. The van der Waals surface area contributed by atoms with Crippen LogP contribution in [-0.2, 0) is 9.59 Å². The lowest BCUT2D eigenvalue weighted by molar-refractivity contribution is -0.139. The first kappa shape index (κ1) is 23.3. The molecule has 2 amide bonds. The molecule has 0 aromatic heterocycles. The smallest absolute Gasteiger partial charge is 0.327 e. The minimum Gasteiger partial charge on any atom is -0.480 e. The maximum atomic E-state index is 12.1. The van der Waals surface area contributed by atoms with E-state index in [1.165, 1.54) is 0 Å². The number of hydrogen-bond acceptors (Lipinski definition) is 6. The molecule has 4 N–H and O–H groups in total. The van der Waals surface area contributed by atoms with Crippen LogP contribution < -0.4 is 10.6 Å². The molecule has 2 aromatic rings. The molecule has 0 unspecified atom stereocenters. The van der Waals surface area contributed by atoms with E-state index >= 15 is 0 Å². The summed E-state index contributed by atoms with van der Waals surface area (Å²) in [4.78, 5) is 47.1. The molecule has 8 nitrogen and oxygen atoms in total. The van der Waals surface area contributed by atoms with Crippen LogP contribution in [0.2, 0.25) is 0 Å². The fourth-order valence-electron chi connectivity index (χ4n) is 2.24. The van der Waals surface area contributed by atoms with Gasteiger partial charge in [0, 0.05) is 22.6 Å². The van der Waals surface area contributed by atoms with E-state index in [0.29, 0.717) is 11.1 Å². The molecule has 2 aromatic carbocycles. The first-order valence-electron chi connectivity index (χ1n) is 8.80. The molecule has 30 heavy (non-hydrogen) atoms. The highest BCUT2D eigenvalue weighted by Gasteiger charge is 2.23. The Hall–Kier alpha value is -2.98. The molecular weight excluding hydrogens is 428 g/mol. The molecule has 10 heteroatoms. The number of carboxylic acids is 2. The third-order valence-corrected chi connectivity index (χ3v) is 6.25. The Kier molecular flexibility index (Phi) is 9.23. The van der Waals surface area contributed by atoms with Crippen molar-refractivity contribution < 1.29 is 29.4 Å². The standard InChI is InChI=1S/C20H20N2O6S2/c23-17(13-7-3-1-4-8-13)21-15(19(25)26)11-29-30-12-16(20(27)28)22-18(24)14-9-5-2-6-10-14/h1-10,15-16H,11-12H2,(H,21,23)(H,22,24)(H,25,26)(H,27,28)/t15-,16-/m0/s1. The molecule has 0 saturated heterocycles. The van der Waals surface area contributed by atoms with E-state index in [4.69, 9.17) is 0 Å². The summed E-state index contributed by atoms with van der Waals surface area (Å²) < 4.78 is 0. The Bertz CT molecular complexity index is 806. The average Bonchev–Trinajstić information content (AvgIpc) is 2.75. The second kappa shape index (κ2) is 11.9. The van der Waals surface area contributed by atoms with Crippen LogP contribution >= 0.6 is 21.6 Å². The molecule has 0 radical (unpaired) electrons. The molecule has 0 bridgehead atoms. The van der Waals surface area contributed by atoms with Gasteiger partial charge in [0.2, 0.25) is 0 Å². The van der Waals surface area contributed by atoms with E-state index in [1.54, 1.807) is 60.7 Å². The van der Waals surface area contributed by atoms with Crippen molar-refractivity contribution in [2.45, 2.75) is 12.1 Å². The minimum atomic E-state index is -1.19. The Morgan fingerprint density at radius 3 is 1.30 bits per heavy atom. The van der Waals surface area contributed by atoms with Crippen molar-refractivity contribution in [3.05, 3.63) is 71.8 Å². The fraction of sp³-hybridized carbons (Fsp3) is 0.200. The second-order valence-electron chi connectivity index (χ2n) is 6.03. The number of carbonyl (C=O) groups excluding carboxylic acids is 2. The van der Waals surface area contributed by atoms with Gasteiger partial charge in [0.25, 0.3) is 11.8 Å². The summed E-state index contributed by atoms with van der Waals surface area (Å²) in [5, 5.41) is 23.5. The lowest BCUT2D eigenvalue weighted by Gasteiger charge is -2.16. The average molecular weight is 449 g/mol. The van der Waals surface area contributed by atoms with Crippen LogP contribution in [0.25, 0.3) is 0 Å². The van der Waals surface area contributed by atoms with Crippen LogP contribution in [0.4, 0.5) is 0 Å². The molecular formula is C20H20N2O6S2. The Balaban J connectivity index is 1.83. The molecule has 0 fully saturated rings. The Morgan fingerprint density at radius 1 is 0.667 bits per heavy atom. The molecule has 2 atom stereocenters. The molecule has 0 saturated carbocycles. The number of carbonyl (C=O) groups is 4. The number of nitrogens with one attached hydrogen (secondary N) is 2. The summed E-state index contributed by atoms with van der Waals surface area (Å²) in [7, 11) is 2.20. The second-order valence-corrected chi connectivity index (χ2v) is 8.58. The molecule has 0 aliphatic carbocycles. The van der Waals surface area contributed by atoms with Gasteiger partial charge in [-0.3, -0.25) is 9.59 Å². The lowest BCUT2D eigenvalue weighted by atomic mass is 10.2. The fourth-order valence-corrected chi connectivity index (χ4v) is 4.55. The van der Waals surface area contributed by atoms with E-state index in [1.807, 2.05) is 0 Å². The van der Waals surface area contributed by atoms with Crippen molar-refractivity contribution in [1.82, 2.24) is 10.6 Å². The molecule has 0 aliphatic rings. The summed E-state index contributed by atoms with van der Waals surface area (Å²) in [5.41, 5.74) is 0.687. The van der Waals surface area contributed by atoms with Gasteiger partial charge in [-0.05, 0) is 24.3 Å². The molecule has 0 spiro atoms. The van der Waals surface area contributed by atoms with Crippen molar-refractivity contribution >= 4 is 45.3 Å². The monoisotopic (exact) mass is 448 g/mol. The number of rotatable bonds is 11. The quantitative estimate of drug-likeness (QED) is 0.304. The van der Waals surface area contributed by atoms with Crippen LogP contribution in [0.15, 0.2) is 60.7 Å². The lowest BCUT2D eigenvalue weighted by Crippen LogP contribution is -2.43. The molecule has 0 aliphatic heterocycles. The molecule has 2 rings (SSSR count). The number of aliphatic carboxylic acids is 2. The van der Waals surface area contributed by atoms with E-state index in [0.717, 1.165) is 21.6 Å². The van der Waals surface area contributed by atoms with Crippen LogP contribution in [0.3, 0.4) is 0 Å². The highest BCUT2D eigenvalue weighted by atomic mass is 33.1. The first-order chi connectivity index (χ1) is 14.4. The van der Waals surface area contributed by atoms with Crippen molar-refractivity contribution in [3.63, 3.8) is 0 Å². The van der Waals surface area contributed by atoms with Gasteiger partial charge in [-0.25, -0.2) is 9.59 Å². The topological polar surface area (TPSA) is 133 Å². The van der Waals surface area contributed by atoms with Crippen LogP contribution in [-0.4, -0.2) is 57.6 Å². The third-order valence-electron chi connectivity index (χ3n) is 3.83. The summed E-state index contributed by atoms with van der Waals surface area (Å²) in [6.07, 6.45) is 0. The van der Waals surface area contributed by atoms with E-state index < -0.39 is 35.8 Å². The Labute approximate surface area is 180 Å². The highest BCUT2D eigenvalue weighted by molar-refractivity contribution is 8.76. The van der Waals surface area contributed by atoms with Gasteiger partial charge in [0.15, 0.2) is 0 Å². The van der Waals surface area contributed by atoms with Gasteiger partial charge in [-0.1, -0.05) is 58.0 Å². The number of carboxylic acid groups (broad SMARTS) is 2. The summed E-state index contributed by atoms with van der Waals surface area (Å²) in [5.74, 6) is -3.35. The largest absolute Gasteiger partial charge is 0.480 e. The van der Waals surface area contributed by atoms with Crippen LogP contribution in [0.1, 0.15) is 20.7 Å². The van der Waals surface area contributed by atoms with Crippen LogP contribution in [0.5, 0.6) is 0 Å². The number of benzene rings is 2. The normalized spacial score (nSPS) is 12.4. The Morgan fingerprint density at radius 2 is 1.00 bits per heavy atom. The van der Waals surface area contributed by atoms with E-state index in [-0.39, 0.29) is 11.5 Å². The van der Waals surface area contributed by atoms with Crippen molar-refractivity contribution in [2.75, 3.05) is 11.5 Å². The van der Waals surface area contributed by atoms with Gasteiger partial charge in [-0.2, -0.15) is 0 Å². The zero-order valence-corrected chi connectivity index (χ0v) is 17.3. The predicted molar refractivity (Wildman–Crippen MR) is 116 cm³/mol. The maximum absolute atomic E-state index is 12.1. The van der Waals surface area contributed by atoms with Crippen molar-refractivity contribution in [1.29, 1.82) is 0 Å². The third kappa shape index (κ3) is 7.45. The van der Waals surface area contributed by atoms with Crippen molar-refractivity contribution in [2.24, 2.45) is 0 Å². The minimum absolute atomic E-state index is 0.0253. The van der Waals surface area contributed by atoms with E-state index in [2.05, 4.69) is 10.6 Å². The first-order valence-corrected chi connectivity index (χ1v) is 11.3. The van der Waals surface area contributed by atoms with Gasteiger partial charge >= 0.3 is 11.9 Å². The summed E-state index contributed by atoms with van der Waals surface area (Å²) in [6.45, 7) is 0. The number of amides is 2. The molecule has 0 heterocycles. The van der Waals surface area contributed by atoms with Crippen LogP contribution in [0, 0.1) is 0 Å². The zero-order valence-electron chi connectivity index (χ0n) is 15.7. The van der Waals surface area contributed by atoms with Crippen molar-refractivity contribution in [3.8, 4) is 0 Å². The SMILES string of the molecule is O=C(N[C@@H](CSSC[C@H](NC(=O)c1ccccc1)C(=O)O)C(=O)O)c1ccccc1. The predicted octanol–water partition coefficient (Wildman–Crippen LogP) is 2.13. The van der Waals surface area contributed by atoms with E-state index in [9.17, 15) is 29.4 Å². The highest BCUT2D eigenvalue weighted by Crippen LogP contribution is 2.23. The van der Waals surface area contributed by atoms with Gasteiger partial charge in [0.1, 0.15) is 12.1 Å². The zero-order chi connectivity index (χ0) is 21.9.